The Labute approximate surface area is 119 Å². The summed E-state index contributed by atoms with van der Waals surface area (Å²) < 4.78 is 13.0. The minimum absolute atomic E-state index is 0.338. The zero-order valence-electron chi connectivity index (χ0n) is 12.0. The van der Waals surface area contributed by atoms with Crippen molar-refractivity contribution in [1.29, 1.82) is 0 Å². The molecule has 5 nitrogen and oxygen atoms in total. The lowest BCUT2D eigenvalue weighted by atomic mass is 10.2. The highest BCUT2D eigenvalue weighted by Crippen LogP contribution is 2.13. The van der Waals surface area contributed by atoms with Crippen molar-refractivity contribution in [2.75, 3.05) is 13.2 Å². The number of hydrogen-bond acceptors (Lipinski definition) is 4. The van der Waals surface area contributed by atoms with Crippen LogP contribution in [-0.2, 0) is 6.54 Å². The van der Waals surface area contributed by atoms with Gasteiger partial charge in [-0.2, -0.15) is 5.10 Å². The van der Waals surface area contributed by atoms with Crippen molar-refractivity contribution < 1.29 is 9.47 Å². The molecule has 1 aromatic heterocycles. The first-order valence-electron chi connectivity index (χ1n) is 6.78. The van der Waals surface area contributed by atoms with Crippen LogP contribution in [0.1, 0.15) is 25.5 Å². The van der Waals surface area contributed by atoms with Crippen LogP contribution in [0.4, 0.5) is 0 Å². The molecule has 0 unspecified atom stereocenters. The highest BCUT2D eigenvalue weighted by molar-refractivity contribution is 5.27. The fourth-order valence-corrected chi connectivity index (χ4v) is 1.72. The van der Waals surface area contributed by atoms with Gasteiger partial charge in [0.2, 0.25) is 0 Å². The van der Waals surface area contributed by atoms with Gasteiger partial charge in [-0.1, -0.05) is 12.1 Å². The van der Waals surface area contributed by atoms with Gasteiger partial charge >= 0.3 is 0 Å². The van der Waals surface area contributed by atoms with Crippen molar-refractivity contribution in [1.82, 2.24) is 9.78 Å². The minimum Gasteiger partial charge on any atom is -0.490 e. The predicted molar refractivity (Wildman–Crippen MR) is 77.9 cm³/mol. The average Bonchev–Trinajstić information content (AvgIpc) is 2.93. The molecular formula is C15H21N3O2. The van der Waals surface area contributed by atoms with E-state index in [-0.39, 0.29) is 0 Å². The Morgan fingerprint density at radius 2 is 1.75 bits per heavy atom. The van der Waals surface area contributed by atoms with Crippen LogP contribution in [0.5, 0.6) is 11.5 Å². The second-order valence-electron chi connectivity index (χ2n) is 4.79. The van der Waals surface area contributed by atoms with Crippen LogP contribution in [0.2, 0.25) is 0 Å². The third kappa shape index (κ3) is 3.99. The Kier molecular flexibility index (Phi) is 5.01. The first kappa shape index (κ1) is 14.4. The summed E-state index contributed by atoms with van der Waals surface area (Å²) >= 11 is 0. The monoisotopic (exact) mass is 275 g/mol. The Bertz CT molecular complexity index is 520. The van der Waals surface area contributed by atoms with Gasteiger partial charge in [0.15, 0.2) is 5.75 Å². The lowest BCUT2D eigenvalue weighted by Crippen LogP contribution is -2.09. The molecule has 108 valence electrons. The first-order valence-corrected chi connectivity index (χ1v) is 6.78. The van der Waals surface area contributed by atoms with Crippen molar-refractivity contribution in [2.24, 2.45) is 5.73 Å². The number of aromatic nitrogens is 2. The van der Waals surface area contributed by atoms with E-state index in [1.54, 1.807) is 6.20 Å². The van der Waals surface area contributed by atoms with E-state index < -0.39 is 0 Å². The molecule has 2 N–H and O–H groups in total. The quantitative estimate of drug-likeness (QED) is 0.788. The van der Waals surface area contributed by atoms with E-state index in [9.17, 15) is 0 Å². The molecule has 0 radical (unpaired) electrons. The molecule has 0 amide bonds. The molecule has 0 aliphatic rings. The molecule has 0 aliphatic heterocycles. The number of benzene rings is 1. The number of nitrogens with two attached hydrogens (primary N) is 1. The summed E-state index contributed by atoms with van der Waals surface area (Å²) in [5.74, 6) is 1.59. The van der Waals surface area contributed by atoms with E-state index >= 15 is 0 Å². The SMILES string of the molecule is CC(C)n1cc(OCCOc2ccc(CN)cc2)cn1. The smallest absolute Gasteiger partial charge is 0.157 e. The van der Waals surface area contributed by atoms with Crippen molar-refractivity contribution in [3.05, 3.63) is 42.2 Å². The topological polar surface area (TPSA) is 62.3 Å². The molecule has 1 aromatic carbocycles. The van der Waals surface area contributed by atoms with Crippen molar-refractivity contribution in [3.63, 3.8) is 0 Å². The van der Waals surface area contributed by atoms with E-state index in [4.69, 9.17) is 15.2 Å². The molecule has 0 aliphatic carbocycles. The molecule has 1 heterocycles. The Morgan fingerprint density at radius 1 is 1.10 bits per heavy atom. The molecule has 0 saturated carbocycles. The number of nitrogens with zero attached hydrogens (tertiary/aromatic N) is 2. The van der Waals surface area contributed by atoms with Gasteiger partial charge in [0.1, 0.15) is 19.0 Å². The van der Waals surface area contributed by atoms with E-state index in [1.807, 2.05) is 35.1 Å². The van der Waals surface area contributed by atoms with Gasteiger partial charge in [-0.05, 0) is 31.5 Å². The largest absolute Gasteiger partial charge is 0.490 e. The molecule has 0 atom stereocenters. The molecule has 0 bridgehead atoms. The van der Waals surface area contributed by atoms with Crippen molar-refractivity contribution in [3.8, 4) is 11.5 Å². The summed E-state index contributed by atoms with van der Waals surface area (Å²) in [6.07, 6.45) is 3.61. The zero-order chi connectivity index (χ0) is 14.4. The lowest BCUT2D eigenvalue weighted by molar-refractivity contribution is 0.217. The second-order valence-corrected chi connectivity index (χ2v) is 4.79. The van der Waals surface area contributed by atoms with Gasteiger partial charge in [0.25, 0.3) is 0 Å². The van der Waals surface area contributed by atoms with Gasteiger partial charge in [0.05, 0.1) is 12.4 Å². The average molecular weight is 275 g/mol. The molecule has 0 spiro atoms. The zero-order valence-corrected chi connectivity index (χ0v) is 12.0. The third-order valence-corrected chi connectivity index (χ3v) is 2.89. The summed E-state index contributed by atoms with van der Waals surface area (Å²) in [6.45, 7) is 5.68. The van der Waals surface area contributed by atoms with Crippen molar-refractivity contribution in [2.45, 2.75) is 26.4 Å². The van der Waals surface area contributed by atoms with E-state index in [0.717, 1.165) is 17.1 Å². The highest BCUT2D eigenvalue weighted by Gasteiger charge is 2.02. The summed E-state index contributed by atoms with van der Waals surface area (Å²) in [6, 6.07) is 8.09. The fraction of sp³-hybridized carbons (Fsp3) is 0.400. The summed E-state index contributed by atoms with van der Waals surface area (Å²) in [4.78, 5) is 0. The van der Waals surface area contributed by atoms with Gasteiger partial charge in [0, 0.05) is 12.6 Å². The van der Waals surface area contributed by atoms with E-state index in [1.165, 1.54) is 0 Å². The molecule has 20 heavy (non-hydrogen) atoms. The molecule has 5 heteroatoms. The van der Waals surface area contributed by atoms with Crippen LogP contribution in [0.15, 0.2) is 36.7 Å². The first-order chi connectivity index (χ1) is 9.69. The summed E-state index contributed by atoms with van der Waals surface area (Å²) in [5.41, 5.74) is 6.63. The summed E-state index contributed by atoms with van der Waals surface area (Å²) in [5, 5.41) is 4.21. The van der Waals surface area contributed by atoms with Crippen LogP contribution in [0.3, 0.4) is 0 Å². The van der Waals surface area contributed by atoms with Gasteiger partial charge < -0.3 is 15.2 Å². The number of hydrogen-bond donors (Lipinski definition) is 1. The number of rotatable bonds is 7. The predicted octanol–water partition coefficient (Wildman–Crippen LogP) is 2.38. The normalized spacial score (nSPS) is 10.8. The maximum Gasteiger partial charge on any atom is 0.157 e. The molecule has 0 fully saturated rings. The van der Waals surface area contributed by atoms with E-state index in [2.05, 4.69) is 18.9 Å². The van der Waals surface area contributed by atoms with Crippen molar-refractivity contribution >= 4 is 0 Å². The minimum atomic E-state index is 0.338. The van der Waals surface area contributed by atoms with Crippen LogP contribution in [0.25, 0.3) is 0 Å². The molecular weight excluding hydrogens is 254 g/mol. The lowest BCUT2D eigenvalue weighted by Gasteiger charge is -2.07. The Morgan fingerprint density at radius 3 is 2.30 bits per heavy atom. The van der Waals surface area contributed by atoms with Crippen LogP contribution in [-0.4, -0.2) is 23.0 Å². The fourth-order valence-electron chi connectivity index (χ4n) is 1.72. The molecule has 2 rings (SSSR count). The standard InChI is InChI=1S/C15H21N3O2/c1-12(2)18-11-15(10-17-18)20-8-7-19-14-5-3-13(9-16)4-6-14/h3-6,10-12H,7-9,16H2,1-2H3. The Hall–Kier alpha value is -2.01. The highest BCUT2D eigenvalue weighted by atomic mass is 16.5. The maximum atomic E-state index is 5.59. The van der Waals surface area contributed by atoms with Gasteiger partial charge in [-0.3, -0.25) is 4.68 Å². The molecule has 2 aromatic rings. The van der Waals surface area contributed by atoms with Crippen LogP contribution < -0.4 is 15.2 Å². The van der Waals surface area contributed by atoms with Crippen LogP contribution >= 0.6 is 0 Å². The third-order valence-electron chi connectivity index (χ3n) is 2.89. The molecule has 0 saturated heterocycles. The maximum absolute atomic E-state index is 5.59. The summed E-state index contributed by atoms with van der Waals surface area (Å²) in [7, 11) is 0. The van der Waals surface area contributed by atoms with Gasteiger partial charge in [-0.25, -0.2) is 0 Å². The van der Waals surface area contributed by atoms with Gasteiger partial charge in [-0.15, -0.1) is 0 Å². The van der Waals surface area contributed by atoms with Crippen LogP contribution in [0, 0.1) is 0 Å². The number of ether oxygens (including phenoxy) is 2. The van der Waals surface area contributed by atoms with E-state index in [0.29, 0.717) is 25.8 Å². The second kappa shape index (κ2) is 6.96. The Balaban J connectivity index is 1.72.